The van der Waals surface area contributed by atoms with Crippen LogP contribution in [0.3, 0.4) is 0 Å². The largest absolute Gasteiger partial charge is 0.369 e. The number of benzene rings is 2. The van der Waals surface area contributed by atoms with Crippen LogP contribution < -0.4 is 5.73 Å². The van der Waals surface area contributed by atoms with Gasteiger partial charge in [-0.15, -0.1) is 0 Å². The molecular formula is C13H8BrCl2N3. The number of hydrogen-bond acceptors (Lipinski definition) is 2. The molecule has 2 N–H and O–H groups in total. The molecule has 0 spiro atoms. The molecule has 19 heavy (non-hydrogen) atoms. The summed E-state index contributed by atoms with van der Waals surface area (Å²) < 4.78 is 2.69. The fraction of sp³-hybridized carbons (Fsp3) is 0. The Morgan fingerprint density at radius 3 is 2.63 bits per heavy atom. The molecule has 3 nitrogen and oxygen atoms in total. The lowest BCUT2D eigenvalue weighted by Crippen LogP contribution is -2.01. The molecule has 0 fully saturated rings. The first-order chi connectivity index (χ1) is 9.06. The van der Waals surface area contributed by atoms with Gasteiger partial charge >= 0.3 is 0 Å². The van der Waals surface area contributed by atoms with E-state index in [2.05, 4.69) is 20.9 Å². The monoisotopic (exact) mass is 355 g/mol. The number of halogens is 3. The first kappa shape index (κ1) is 12.8. The van der Waals surface area contributed by atoms with Gasteiger partial charge in [-0.2, -0.15) is 0 Å². The zero-order valence-electron chi connectivity index (χ0n) is 9.57. The number of rotatable bonds is 1. The van der Waals surface area contributed by atoms with Gasteiger partial charge in [-0.1, -0.05) is 39.1 Å². The summed E-state index contributed by atoms with van der Waals surface area (Å²) in [5.41, 5.74) is 8.36. The quantitative estimate of drug-likeness (QED) is 0.688. The van der Waals surface area contributed by atoms with Gasteiger partial charge in [-0.25, -0.2) is 4.98 Å². The molecular weight excluding hydrogens is 349 g/mol. The number of fused-ring (bicyclic) bond motifs is 1. The van der Waals surface area contributed by atoms with Crippen LogP contribution in [0.2, 0.25) is 10.0 Å². The maximum Gasteiger partial charge on any atom is 0.205 e. The molecule has 2 aromatic carbocycles. The normalized spacial score (nSPS) is 11.1. The van der Waals surface area contributed by atoms with Crippen molar-refractivity contribution in [1.82, 2.24) is 9.55 Å². The zero-order valence-corrected chi connectivity index (χ0v) is 12.7. The van der Waals surface area contributed by atoms with Gasteiger partial charge in [0, 0.05) is 9.50 Å². The van der Waals surface area contributed by atoms with Crippen molar-refractivity contribution in [3.63, 3.8) is 0 Å². The number of imidazole rings is 1. The minimum Gasteiger partial charge on any atom is -0.369 e. The predicted octanol–water partition coefficient (Wildman–Crippen LogP) is 4.68. The number of hydrogen-bond donors (Lipinski definition) is 1. The Kier molecular flexibility index (Phi) is 3.17. The Morgan fingerprint density at radius 1 is 1.11 bits per heavy atom. The number of nitrogens with two attached hydrogens (primary N) is 1. The fourth-order valence-corrected chi connectivity index (χ4v) is 2.91. The van der Waals surface area contributed by atoms with E-state index in [-0.39, 0.29) is 0 Å². The Balaban J connectivity index is 2.35. The lowest BCUT2D eigenvalue weighted by Gasteiger charge is -2.09. The molecule has 0 aliphatic rings. The van der Waals surface area contributed by atoms with Crippen LogP contribution in [-0.4, -0.2) is 9.55 Å². The lowest BCUT2D eigenvalue weighted by molar-refractivity contribution is 1.11. The van der Waals surface area contributed by atoms with E-state index >= 15 is 0 Å². The van der Waals surface area contributed by atoms with E-state index in [0.29, 0.717) is 16.0 Å². The maximum absolute atomic E-state index is 6.27. The number of nitrogen functional groups attached to an aromatic ring is 1. The van der Waals surface area contributed by atoms with E-state index in [1.807, 2.05) is 30.3 Å². The molecule has 3 aromatic rings. The zero-order chi connectivity index (χ0) is 13.6. The van der Waals surface area contributed by atoms with Crippen LogP contribution in [0.4, 0.5) is 5.95 Å². The van der Waals surface area contributed by atoms with Gasteiger partial charge in [-0.3, -0.25) is 4.57 Å². The van der Waals surface area contributed by atoms with E-state index in [1.165, 1.54) is 0 Å². The van der Waals surface area contributed by atoms with Gasteiger partial charge in [0.2, 0.25) is 5.95 Å². The molecule has 0 bridgehead atoms. The molecule has 0 atom stereocenters. The molecule has 96 valence electrons. The highest BCUT2D eigenvalue weighted by molar-refractivity contribution is 9.10. The van der Waals surface area contributed by atoms with Crippen LogP contribution in [0.5, 0.6) is 0 Å². The van der Waals surface area contributed by atoms with Crippen LogP contribution >= 0.6 is 39.1 Å². The van der Waals surface area contributed by atoms with Gasteiger partial charge in [0.25, 0.3) is 0 Å². The van der Waals surface area contributed by atoms with Gasteiger partial charge < -0.3 is 5.73 Å². The van der Waals surface area contributed by atoms with Gasteiger partial charge in [0.1, 0.15) is 0 Å². The third-order valence-electron chi connectivity index (χ3n) is 2.79. The summed E-state index contributed by atoms with van der Waals surface area (Å²) in [4.78, 5) is 4.31. The van der Waals surface area contributed by atoms with Crippen LogP contribution in [0.15, 0.2) is 40.9 Å². The maximum atomic E-state index is 6.27. The van der Waals surface area contributed by atoms with Crippen LogP contribution in [0, 0.1) is 0 Å². The summed E-state index contributed by atoms with van der Waals surface area (Å²) >= 11 is 15.7. The molecule has 0 amide bonds. The topological polar surface area (TPSA) is 43.8 Å². The second kappa shape index (κ2) is 4.71. The Morgan fingerprint density at radius 2 is 1.89 bits per heavy atom. The van der Waals surface area contributed by atoms with Crippen molar-refractivity contribution in [3.05, 3.63) is 50.9 Å². The summed E-state index contributed by atoms with van der Waals surface area (Å²) in [6.07, 6.45) is 0. The number of aromatic nitrogens is 2. The van der Waals surface area contributed by atoms with Crippen molar-refractivity contribution in [2.45, 2.75) is 0 Å². The van der Waals surface area contributed by atoms with Crippen molar-refractivity contribution in [3.8, 4) is 5.69 Å². The minimum absolute atomic E-state index is 0.376. The van der Waals surface area contributed by atoms with Crippen molar-refractivity contribution in [1.29, 1.82) is 0 Å². The van der Waals surface area contributed by atoms with Crippen molar-refractivity contribution < 1.29 is 0 Å². The molecule has 1 aromatic heterocycles. The first-order valence-corrected chi connectivity index (χ1v) is 7.00. The molecule has 0 saturated carbocycles. The van der Waals surface area contributed by atoms with Crippen molar-refractivity contribution in [2.75, 3.05) is 5.73 Å². The molecule has 0 aliphatic heterocycles. The predicted molar refractivity (Wildman–Crippen MR) is 83.2 cm³/mol. The first-order valence-electron chi connectivity index (χ1n) is 5.45. The molecule has 1 heterocycles. The van der Waals surface area contributed by atoms with Gasteiger partial charge in [0.05, 0.1) is 21.7 Å². The molecule has 0 unspecified atom stereocenters. The lowest BCUT2D eigenvalue weighted by atomic mass is 10.3. The van der Waals surface area contributed by atoms with E-state index in [1.54, 1.807) is 10.6 Å². The number of nitrogens with zero attached hydrogens (tertiary/aromatic N) is 2. The third-order valence-corrected chi connectivity index (χ3v) is 3.82. The smallest absolute Gasteiger partial charge is 0.205 e. The molecule has 0 saturated heterocycles. The van der Waals surface area contributed by atoms with Crippen LogP contribution in [-0.2, 0) is 0 Å². The molecule has 6 heteroatoms. The standard InChI is InChI=1S/C13H8BrCl2N3/c14-7-1-4-11(9(16)5-7)19-12-6-8(15)2-3-10(12)18-13(19)17/h1-6H,(H2,17,18). The Hall–Kier alpha value is -1.23. The minimum atomic E-state index is 0.376. The van der Waals surface area contributed by atoms with Gasteiger partial charge in [-0.05, 0) is 36.4 Å². The van der Waals surface area contributed by atoms with Crippen LogP contribution in [0.25, 0.3) is 16.7 Å². The van der Waals surface area contributed by atoms with E-state index in [9.17, 15) is 0 Å². The van der Waals surface area contributed by atoms with E-state index < -0.39 is 0 Å². The van der Waals surface area contributed by atoms with Crippen molar-refractivity contribution >= 4 is 56.1 Å². The Labute approximate surface area is 128 Å². The number of anilines is 1. The highest BCUT2D eigenvalue weighted by Gasteiger charge is 2.13. The summed E-state index contributed by atoms with van der Waals surface area (Å²) in [6, 6.07) is 11.0. The fourth-order valence-electron chi connectivity index (χ4n) is 1.98. The molecule has 0 aliphatic carbocycles. The van der Waals surface area contributed by atoms with Gasteiger partial charge in [0.15, 0.2) is 0 Å². The average Bonchev–Trinajstić information content (AvgIpc) is 2.65. The second-order valence-corrected chi connectivity index (χ2v) is 5.79. The summed E-state index contributed by atoms with van der Waals surface area (Å²) in [6.45, 7) is 0. The highest BCUT2D eigenvalue weighted by atomic mass is 79.9. The van der Waals surface area contributed by atoms with Crippen molar-refractivity contribution in [2.24, 2.45) is 0 Å². The summed E-state index contributed by atoms with van der Waals surface area (Å²) in [5, 5.41) is 1.21. The summed E-state index contributed by atoms with van der Waals surface area (Å²) in [5.74, 6) is 0.376. The molecule has 0 radical (unpaired) electrons. The van der Waals surface area contributed by atoms with E-state index in [0.717, 1.165) is 21.2 Å². The summed E-state index contributed by atoms with van der Waals surface area (Å²) in [7, 11) is 0. The van der Waals surface area contributed by atoms with E-state index in [4.69, 9.17) is 28.9 Å². The highest BCUT2D eigenvalue weighted by Crippen LogP contribution is 2.31. The van der Waals surface area contributed by atoms with Crippen LogP contribution in [0.1, 0.15) is 0 Å². The second-order valence-electron chi connectivity index (χ2n) is 4.03. The average molecular weight is 357 g/mol. The third kappa shape index (κ3) is 2.20. The molecule has 3 rings (SSSR count). The SMILES string of the molecule is Nc1nc2ccc(Cl)cc2n1-c1ccc(Br)cc1Cl. The Bertz CT molecular complexity index is 783.